The summed E-state index contributed by atoms with van der Waals surface area (Å²) in [6.07, 6.45) is 4.50. The molecular formula is C17H24FN3O. The van der Waals surface area contributed by atoms with Crippen LogP contribution in [0.25, 0.3) is 0 Å². The number of hydrogen-bond acceptors (Lipinski definition) is 3. The minimum atomic E-state index is -0.272. The third-order valence-corrected chi connectivity index (χ3v) is 4.64. The monoisotopic (exact) mass is 305 g/mol. The number of halogens is 1. The molecular weight excluding hydrogens is 281 g/mol. The second-order valence-corrected chi connectivity index (χ2v) is 6.16. The molecule has 1 unspecified atom stereocenters. The summed E-state index contributed by atoms with van der Waals surface area (Å²) < 4.78 is 13.5. The van der Waals surface area contributed by atoms with Crippen LogP contribution in [0.4, 0.5) is 15.8 Å². The number of anilines is 2. The Kier molecular flexibility index (Phi) is 4.62. The van der Waals surface area contributed by atoms with Crippen molar-refractivity contribution in [3.8, 4) is 0 Å². The molecule has 3 rings (SSSR count). The minimum absolute atomic E-state index is 0.0959. The fraction of sp³-hybridized carbons (Fsp3) is 0.588. The predicted molar refractivity (Wildman–Crippen MR) is 86.7 cm³/mol. The summed E-state index contributed by atoms with van der Waals surface area (Å²) in [5, 5.41) is 3.16. The predicted octanol–water partition coefficient (Wildman–Crippen LogP) is 2.85. The van der Waals surface area contributed by atoms with E-state index in [4.69, 9.17) is 0 Å². The molecule has 22 heavy (non-hydrogen) atoms. The maximum Gasteiger partial charge on any atom is 0.249 e. The van der Waals surface area contributed by atoms with Crippen molar-refractivity contribution in [2.24, 2.45) is 0 Å². The van der Waals surface area contributed by atoms with Gasteiger partial charge in [-0.3, -0.25) is 4.79 Å². The van der Waals surface area contributed by atoms with E-state index in [1.807, 2.05) is 11.8 Å². The van der Waals surface area contributed by atoms with Gasteiger partial charge in [0.2, 0.25) is 5.91 Å². The minimum Gasteiger partial charge on any atom is -0.372 e. The lowest BCUT2D eigenvalue weighted by Gasteiger charge is -2.36. The molecule has 1 aromatic carbocycles. The summed E-state index contributed by atoms with van der Waals surface area (Å²) in [5.41, 5.74) is 1.53. The van der Waals surface area contributed by atoms with Gasteiger partial charge >= 0.3 is 0 Å². The Morgan fingerprint density at radius 3 is 2.73 bits per heavy atom. The molecule has 1 saturated heterocycles. The summed E-state index contributed by atoms with van der Waals surface area (Å²) in [4.78, 5) is 16.9. The number of nitrogens with zero attached hydrogens (tertiary/aromatic N) is 2. The van der Waals surface area contributed by atoms with Crippen molar-refractivity contribution in [1.29, 1.82) is 0 Å². The van der Waals surface area contributed by atoms with Crippen LogP contribution in [-0.4, -0.2) is 43.0 Å². The summed E-state index contributed by atoms with van der Waals surface area (Å²) in [6, 6.07) is 4.36. The van der Waals surface area contributed by atoms with E-state index in [2.05, 4.69) is 10.2 Å². The van der Waals surface area contributed by atoms with Gasteiger partial charge in [-0.25, -0.2) is 4.39 Å². The van der Waals surface area contributed by atoms with E-state index in [0.717, 1.165) is 31.0 Å². The first-order chi connectivity index (χ1) is 10.7. The van der Waals surface area contributed by atoms with Crippen LogP contribution in [0.1, 0.15) is 32.6 Å². The van der Waals surface area contributed by atoms with Crippen LogP contribution in [0.5, 0.6) is 0 Å². The molecule has 2 aliphatic heterocycles. The van der Waals surface area contributed by atoms with Crippen LogP contribution in [0, 0.1) is 5.82 Å². The van der Waals surface area contributed by atoms with Crippen LogP contribution in [0.15, 0.2) is 18.2 Å². The van der Waals surface area contributed by atoms with Gasteiger partial charge < -0.3 is 15.1 Å². The SMILES string of the molecule is CCC1Nc2cc(F)ccc2N(CCN2CCCCC2)C1=O. The summed E-state index contributed by atoms with van der Waals surface area (Å²) in [6.45, 7) is 5.78. The van der Waals surface area contributed by atoms with Crippen LogP contribution in [0.2, 0.25) is 0 Å². The normalized spacial score (nSPS) is 22.4. The number of likely N-dealkylation sites (tertiary alicyclic amines) is 1. The number of amides is 1. The Morgan fingerprint density at radius 2 is 2.00 bits per heavy atom. The summed E-state index contributed by atoms with van der Waals surface area (Å²) >= 11 is 0. The van der Waals surface area contributed by atoms with Crippen LogP contribution in [-0.2, 0) is 4.79 Å². The van der Waals surface area contributed by atoms with Gasteiger partial charge in [0.1, 0.15) is 11.9 Å². The first-order valence-corrected chi connectivity index (χ1v) is 8.29. The van der Waals surface area contributed by atoms with Crippen molar-refractivity contribution in [2.45, 2.75) is 38.6 Å². The molecule has 5 heteroatoms. The molecule has 2 heterocycles. The van der Waals surface area contributed by atoms with Crippen LogP contribution >= 0.6 is 0 Å². The number of rotatable bonds is 4. The van der Waals surface area contributed by atoms with Crippen molar-refractivity contribution in [1.82, 2.24) is 4.90 Å². The van der Waals surface area contributed by atoms with Crippen molar-refractivity contribution in [3.05, 3.63) is 24.0 Å². The largest absolute Gasteiger partial charge is 0.372 e. The van der Waals surface area contributed by atoms with Gasteiger partial charge in [0.05, 0.1) is 11.4 Å². The first-order valence-electron chi connectivity index (χ1n) is 8.29. The molecule has 2 aliphatic rings. The molecule has 1 N–H and O–H groups in total. The Labute approximate surface area is 131 Å². The van der Waals surface area contributed by atoms with Crippen LogP contribution in [0.3, 0.4) is 0 Å². The van der Waals surface area contributed by atoms with Gasteiger partial charge in [-0.1, -0.05) is 13.3 Å². The third-order valence-electron chi connectivity index (χ3n) is 4.64. The van der Waals surface area contributed by atoms with E-state index >= 15 is 0 Å². The van der Waals surface area contributed by atoms with E-state index in [0.29, 0.717) is 13.0 Å². The summed E-state index contributed by atoms with van der Waals surface area (Å²) in [7, 11) is 0. The second kappa shape index (κ2) is 6.65. The second-order valence-electron chi connectivity index (χ2n) is 6.16. The maximum absolute atomic E-state index is 13.5. The molecule has 0 bridgehead atoms. The smallest absolute Gasteiger partial charge is 0.249 e. The van der Waals surface area contributed by atoms with E-state index in [1.165, 1.54) is 31.4 Å². The van der Waals surface area contributed by atoms with Crippen LogP contribution < -0.4 is 10.2 Å². The zero-order chi connectivity index (χ0) is 15.5. The Hall–Kier alpha value is -1.62. The van der Waals surface area contributed by atoms with Gasteiger partial charge in [-0.15, -0.1) is 0 Å². The van der Waals surface area contributed by atoms with Gasteiger partial charge in [0.15, 0.2) is 0 Å². The van der Waals surface area contributed by atoms with E-state index < -0.39 is 0 Å². The molecule has 4 nitrogen and oxygen atoms in total. The molecule has 1 aromatic rings. The number of carbonyl (C=O) groups excluding carboxylic acids is 1. The average molecular weight is 305 g/mol. The van der Waals surface area contributed by atoms with Crippen molar-refractivity contribution < 1.29 is 9.18 Å². The van der Waals surface area contributed by atoms with Crippen molar-refractivity contribution in [3.63, 3.8) is 0 Å². The number of benzene rings is 1. The first kappa shape index (κ1) is 15.3. The number of fused-ring (bicyclic) bond motifs is 1. The molecule has 0 spiro atoms. The third kappa shape index (κ3) is 3.09. The highest BCUT2D eigenvalue weighted by Crippen LogP contribution is 2.32. The van der Waals surface area contributed by atoms with E-state index in [-0.39, 0.29) is 17.8 Å². The lowest BCUT2D eigenvalue weighted by molar-refractivity contribution is -0.119. The Morgan fingerprint density at radius 1 is 1.23 bits per heavy atom. The number of nitrogens with one attached hydrogen (secondary N) is 1. The molecule has 0 aromatic heterocycles. The average Bonchev–Trinajstić information content (AvgIpc) is 2.54. The lowest BCUT2D eigenvalue weighted by atomic mass is 10.1. The van der Waals surface area contributed by atoms with Gasteiger partial charge in [0.25, 0.3) is 0 Å². The molecule has 0 saturated carbocycles. The van der Waals surface area contributed by atoms with Gasteiger partial charge in [-0.05, 0) is 50.6 Å². The number of hydrogen-bond donors (Lipinski definition) is 1. The van der Waals surface area contributed by atoms with E-state index in [9.17, 15) is 9.18 Å². The Bertz CT molecular complexity index is 543. The van der Waals surface area contributed by atoms with Gasteiger partial charge in [0, 0.05) is 13.1 Å². The Balaban J connectivity index is 1.77. The van der Waals surface area contributed by atoms with E-state index in [1.54, 1.807) is 6.07 Å². The zero-order valence-electron chi connectivity index (χ0n) is 13.1. The number of carbonyl (C=O) groups is 1. The highest BCUT2D eigenvalue weighted by molar-refractivity contribution is 6.04. The maximum atomic E-state index is 13.5. The highest BCUT2D eigenvalue weighted by Gasteiger charge is 2.31. The quantitative estimate of drug-likeness (QED) is 0.929. The lowest BCUT2D eigenvalue weighted by Crippen LogP contribution is -2.49. The fourth-order valence-corrected chi connectivity index (χ4v) is 3.35. The molecule has 1 fully saturated rings. The number of piperidine rings is 1. The standard InChI is InChI=1S/C17H24FN3O/c1-2-14-17(22)21(11-10-20-8-4-3-5-9-20)16-7-6-13(18)12-15(16)19-14/h6-7,12,14,19H,2-5,8-11H2,1H3. The zero-order valence-corrected chi connectivity index (χ0v) is 13.1. The highest BCUT2D eigenvalue weighted by atomic mass is 19.1. The van der Waals surface area contributed by atoms with Crippen molar-refractivity contribution >= 4 is 17.3 Å². The molecule has 120 valence electrons. The topological polar surface area (TPSA) is 35.6 Å². The fourth-order valence-electron chi connectivity index (χ4n) is 3.35. The molecule has 0 aliphatic carbocycles. The van der Waals surface area contributed by atoms with Crippen molar-refractivity contribution in [2.75, 3.05) is 36.4 Å². The molecule has 0 radical (unpaired) electrons. The van der Waals surface area contributed by atoms with Gasteiger partial charge in [-0.2, -0.15) is 0 Å². The summed E-state index contributed by atoms with van der Waals surface area (Å²) in [5.74, 6) is -0.176. The molecule has 1 amide bonds. The molecule has 1 atom stereocenters.